The number of aryl methyl sites for hydroxylation is 1. The Bertz CT molecular complexity index is 1090. The van der Waals surface area contributed by atoms with Gasteiger partial charge in [0.1, 0.15) is 5.69 Å². The van der Waals surface area contributed by atoms with Crippen molar-refractivity contribution in [2.45, 2.75) is 32.2 Å². The molecule has 0 aliphatic carbocycles. The van der Waals surface area contributed by atoms with Crippen molar-refractivity contribution in [2.24, 2.45) is 0 Å². The van der Waals surface area contributed by atoms with Crippen LogP contribution in [0.2, 0.25) is 0 Å². The third kappa shape index (κ3) is 4.97. The first-order chi connectivity index (χ1) is 15.3. The van der Waals surface area contributed by atoms with Gasteiger partial charge in [-0.25, -0.2) is 0 Å². The van der Waals surface area contributed by atoms with Crippen molar-refractivity contribution in [2.75, 3.05) is 11.9 Å². The molecule has 1 N–H and O–H groups in total. The first-order valence-electron chi connectivity index (χ1n) is 10.9. The first-order valence-corrected chi connectivity index (χ1v) is 11.7. The van der Waals surface area contributed by atoms with Gasteiger partial charge in [-0.05, 0) is 23.1 Å². The monoisotopic (exact) mass is 428 g/mol. The summed E-state index contributed by atoms with van der Waals surface area (Å²) in [5, 5.41) is 3.55. The van der Waals surface area contributed by atoms with Crippen LogP contribution in [-0.2, 0) is 6.54 Å². The average molecular weight is 429 g/mol. The topological polar surface area (TPSA) is 34.0 Å². The molecule has 0 atom stereocenters. The molecule has 4 aromatic rings. The van der Waals surface area contributed by atoms with E-state index in [1.54, 1.807) is 11.5 Å². The Labute approximate surface area is 188 Å². The van der Waals surface area contributed by atoms with Gasteiger partial charge in [-0.2, -0.15) is 0 Å². The molecule has 0 aliphatic rings. The summed E-state index contributed by atoms with van der Waals surface area (Å²) in [5.41, 5.74) is 4.35. The molecular weight excluding hydrogens is 400 g/mol. The van der Waals surface area contributed by atoms with Gasteiger partial charge in [0.15, 0.2) is 0 Å². The van der Waals surface area contributed by atoms with Crippen molar-refractivity contribution in [1.29, 1.82) is 0 Å². The second kappa shape index (κ2) is 10.3. The predicted octanol–water partition coefficient (Wildman–Crippen LogP) is 6.62. The van der Waals surface area contributed by atoms with Crippen molar-refractivity contribution in [3.8, 4) is 10.4 Å². The molecule has 0 unspecified atom stereocenters. The SMILES string of the molecule is CCCCn1sc(-c2ccccc2)c(NCC(c2ccccc2)c2ccccc2)c1=O. The van der Waals surface area contributed by atoms with Gasteiger partial charge >= 0.3 is 0 Å². The molecule has 4 heteroatoms. The summed E-state index contributed by atoms with van der Waals surface area (Å²) in [6, 6.07) is 31.2. The highest BCUT2D eigenvalue weighted by Gasteiger charge is 2.19. The van der Waals surface area contributed by atoms with Gasteiger partial charge in [0.25, 0.3) is 5.56 Å². The van der Waals surface area contributed by atoms with Gasteiger partial charge in [0.05, 0.1) is 4.88 Å². The van der Waals surface area contributed by atoms with E-state index in [-0.39, 0.29) is 11.5 Å². The summed E-state index contributed by atoms with van der Waals surface area (Å²) in [6.45, 7) is 3.58. The zero-order valence-corrected chi connectivity index (χ0v) is 18.6. The number of nitrogens with zero attached hydrogens (tertiary/aromatic N) is 1. The molecular formula is C27H28N2OS. The van der Waals surface area contributed by atoms with Crippen molar-refractivity contribution < 1.29 is 0 Å². The van der Waals surface area contributed by atoms with Crippen LogP contribution in [0.4, 0.5) is 5.69 Å². The third-order valence-corrected chi connectivity index (χ3v) is 6.70. The van der Waals surface area contributed by atoms with Crippen LogP contribution in [0.3, 0.4) is 0 Å². The molecule has 3 nitrogen and oxygen atoms in total. The molecule has 0 saturated carbocycles. The molecule has 1 heterocycles. The lowest BCUT2D eigenvalue weighted by molar-refractivity contribution is 0.658. The molecule has 1 aromatic heterocycles. The highest BCUT2D eigenvalue weighted by molar-refractivity contribution is 7.10. The van der Waals surface area contributed by atoms with Gasteiger partial charge in [-0.15, -0.1) is 0 Å². The maximum absolute atomic E-state index is 13.3. The minimum Gasteiger partial charge on any atom is -0.378 e. The Kier molecular flexibility index (Phi) is 7.00. The highest BCUT2D eigenvalue weighted by Crippen LogP contribution is 2.32. The Hall–Kier alpha value is -3.11. The molecule has 31 heavy (non-hydrogen) atoms. The fraction of sp³-hybridized carbons (Fsp3) is 0.222. The molecule has 4 rings (SSSR count). The minimum absolute atomic E-state index is 0.0807. The second-order valence-electron chi connectivity index (χ2n) is 7.68. The van der Waals surface area contributed by atoms with E-state index in [2.05, 4.69) is 72.9 Å². The van der Waals surface area contributed by atoms with Gasteiger partial charge in [-0.1, -0.05) is 116 Å². The standard InChI is InChI=1S/C27H28N2OS/c1-2-3-19-29-27(30)25(26(31-29)23-17-11-6-12-18-23)28-20-24(21-13-7-4-8-14-21)22-15-9-5-10-16-22/h4-18,24,28H,2-3,19-20H2,1H3. The lowest BCUT2D eigenvalue weighted by Gasteiger charge is -2.19. The molecule has 0 aliphatic heterocycles. The Morgan fingerprint density at radius 1 is 0.839 bits per heavy atom. The van der Waals surface area contributed by atoms with E-state index in [1.165, 1.54) is 11.1 Å². The molecule has 0 fully saturated rings. The van der Waals surface area contributed by atoms with E-state index in [0.29, 0.717) is 12.2 Å². The van der Waals surface area contributed by atoms with E-state index >= 15 is 0 Å². The third-order valence-electron chi connectivity index (χ3n) is 5.51. The maximum Gasteiger partial charge on any atom is 0.284 e. The number of aromatic nitrogens is 1. The van der Waals surface area contributed by atoms with Crippen LogP contribution in [0.25, 0.3) is 10.4 Å². The normalized spacial score (nSPS) is 11.0. The summed E-state index contributed by atoms with van der Waals surface area (Å²) in [7, 11) is 0. The van der Waals surface area contributed by atoms with E-state index in [9.17, 15) is 4.79 Å². The molecule has 0 radical (unpaired) electrons. The van der Waals surface area contributed by atoms with E-state index < -0.39 is 0 Å². The van der Waals surface area contributed by atoms with Crippen molar-refractivity contribution in [3.63, 3.8) is 0 Å². The fourth-order valence-corrected chi connectivity index (χ4v) is 4.92. The zero-order valence-electron chi connectivity index (χ0n) is 17.8. The first kappa shape index (κ1) is 21.1. The number of benzene rings is 3. The molecule has 0 amide bonds. The molecule has 0 saturated heterocycles. The van der Waals surface area contributed by atoms with Gasteiger partial charge in [0.2, 0.25) is 0 Å². The van der Waals surface area contributed by atoms with E-state index in [0.717, 1.165) is 29.8 Å². The summed E-state index contributed by atoms with van der Waals surface area (Å²) in [4.78, 5) is 14.3. The van der Waals surface area contributed by atoms with Crippen LogP contribution in [0.1, 0.15) is 36.8 Å². The number of nitrogens with one attached hydrogen (secondary N) is 1. The van der Waals surface area contributed by atoms with Crippen LogP contribution in [0.5, 0.6) is 0 Å². The Morgan fingerprint density at radius 3 is 1.94 bits per heavy atom. The largest absolute Gasteiger partial charge is 0.378 e. The van der Waals surface area contributed by atoms with Crippen molar-refractivity contribution in [1.82, 2.24) is 3.96 Å². The molecule has 3 aromatic carbocycles. The average Bonchev–Trinajstić information content (AvgIpc) is 3.15. The number of hydrogen-bond donors (Lipinski definition) is 1. The quantitative estimate of drug-likeness (QED) is 0.325. The smallest absolute Gasteiger partial charge is 0.284 e. The Balaban J connectivity index is 1.68. The van der Waals surface area contributed by atoms with E-state index in [4.69, 9.17) is 0 Å². The number of anilines is 1. The van der Waals surface area contributed by atoms with E-state index in [1.807, 2.05) is 34.3 Å². The van der Waals surface area contributed by atoms with Crippen LogP contribution in [0, 0.1) is 0 Å². The zero-order chi connectivity index (χ0) is 21.5. The molecule has 158 valence electrons. The number of hydrogen-bond acceptors (Lipinski definition) is 3. The maximum atomic E-state index is 13.3. The summed E-state index contributed by atoms with van der Waals surface area (Å²) in [5.74, 6) is 0.161. The molecule has 0 bridgehead atoms. The fourth-order valence-electron chi connectivity index (χ4n) is 3.81. The highest BCUT2D eigenvalue weighted by atomic mass is 32.1. The predicted molar refractivity (Wildman–Crippen MR) is 132 cm³/mol. The van der Waals surface area contributed by atoms with Crippen LogP contribution in [-0.4, -0.2) is 10.5 Å². The molecule has 0 spiro atoms. The minimum atomic E-state index is 0.0807. The van der Waals surface area contributed by atoms with Gasteiger partial charge in [-0.3, -0.25) is 8.75 Å². The number of unbranched alkanes of at least 4 members (excludes halogenated alkanes) is 1. The van der Waals surface area contributed by atoms with Gasteiger partial charge in [0, 0.05) is 19.0 Å². The van der Waals surface area contributed by atoms with Gasteiger partial charge < -0.3 is 5.32 Å². The number of rotatable bonds is 9. The second-order valence-corrected chi connectivity index (χ2v) is 8.71. The Morgan fingerprint density at radius 2 is 1.39 bits per heavy atom. The summed E-state index contributed by atoms with van der Waals surface area (Å²) in [6.07, 6.45) is 2.07. The summed E-state index contributed by atoms with van der Waals surface area (Å²) < 4.78 is 1.90. The van der Waals surface area contributed by atoms with Crippen molar-refractivity contribution in [3.05, 3.63) is 112 Å². The van der Waals surface area contributed by atoms with Crippen LogP contribution >= 0.6 is 11.5 Å². The summed E-state index contributed by atoms with van der Waals surface area (Å²) >= 11 is 1.56. The van der Waals surface area contributed by atoms with Crippen LogP contribution in [0.15, 0.2) is 95.8 Å². The lowest BCUT2D eigenvalue weighted by Crippen LogP contribution is -2.21. The lowest BCUT2D eigenvalue weighted by atomic mass is 9.91. The van der Waals surface area contributed by atoms with Crippen LogP contribution < -0.4 is 10.9 Å². The van der Waals surface area contributed by atoms with Crippen molar-refractivity contribution >= 4 is 17.2 Å².